The van der Waals surface area contributed by atoms with Gasteiger partial charge in [-0.05, 0) is 12.1 Å². The quantitative estimate of drug-likeness (QED) is 0.808. The van der Waals surface area contributed by atoms with Crippen LogP contribution in [-0.2, 0) is 0 Å². The van der Waals surface area contributed by atoms with E-state index in [4.69, 9.17) is 5.73 Å². The fourth-order valence-electron chi connectivity index (χ4n) is 1.92. The molecule has 2 rings (SSSR count). The van der Waals surface area contributed by atoms with Gasteiger partial charge in [0.2, 0.25) is 0 Å². The van der Waals surface area contributed by atoms with Crippen LogP contribution in [0.2, 0.25) is 0 Å². The number of halogens is 2. The zero-order valence-electron chi connectivity index (χ0n) is 8.42. The monoisotopic (exact) mass is 212 g/mol. The summed E-state index contributed by atoms with van der Waals surface area (Å²) in [5, 5.41) is 0. The van der Waals surface area contributed by atoms with Gasteiger partial charge in [0.1, 0.15) is 11.5 Å². The molecule has 0 aliphatic carbocycles. The maximum Gasteiger partial charge on any atom is 0.146 e. The summed E-state index contributed by atoms with van der Waals surface area (Å²) >= 11 is 0. The summed E-state index contributed by atoms with van der Waals surface area (Å²) in [6.45, 7) is 0.705. The zero-order valence-corrected chi connectivity index (χ0v) is 8.42. The minimum Gasteiger partial charge on any atom is -0.366 e. The predicted molar refractivity (Wildman–Crippen MR) is 56.1 cm³/mol. The zero-order chi connectivity index (χ0) is 10.9. The third-order valence-corrected chi connectivity index (χ3v) is 2.86. The summed E-state index contributed by atoms with van der Waals surface area (Å²) in [7, 11) is 0. The highest BCUT2D eigenvalue weighted by Gasteiger charge is 2.37. The molecule has 0 saturated carbocycles. The second-order valence-electron chi connectivity index (χ2n) is 3.98. The lowest BCUT2D eigenvalue weighted by Crippen LogP contribution is -2.36. The normalized spacial score (nSPS) is 25.9. The van der Waals surface area contributed by atoms with Crippen molar-refractivity contribution in [3.8, 4) is 0 Å². The molecule has 1 aromatic carbocycles. The Hall–Kier alpha value is -1.16. The van der Waals surface area contributed by atoms with Crippen LogP contribution >= 0.6 is 0 Å². The van der Waals surface area contributed by atoms with Gasteiger partial charge >= 0.3 is 0 Å². The van der Waals surface area contributed by atoms with Crippen LogP contribution in [0.3, 0.4) is 0 Å². The van der Waals surface area contributed by atoms with Crippen LogP contribution in [-0.4, -0.2) is 25.3 Å². The van der Waals surface area contributed by atoms with Gasteiger partial charge in [0.05, 0.1) is 12.2 Å². The predicted octanol–water partition coefficient (Wildman–Crippen LogP) is 1.70. The van der Waals surface area contributed by atoms with Crippen LogP contribution in [0.5, 0.6) is 0 Å². The lowest BCUT2D eigenvalue weighted by molar-refractivity contribution is 0.204. The van der Waals surface area contributed by atoms with Crippen LogP contribution < -0.4 is 10.6 Å². The summed E-state index contributed by atoms with van der Waals surface area (Å²) < 4.78 is 27.2. The van der Waals surface area contributed by atoms with Crippen molar-refractivity contribution < 1.29 is 8.78 Å². The van der Waals surface area contributed by atoms with Gasteiger partial charge in [-0.1, -0.05) is 12.1 Å². The molecule has 1 fully saturated rings. The molecule has 1 aromatic rings. The van der Waals surface area contributed by atoms with Crippen molar-refractivity contribution in [2.24, 2.45) is 5.73 Å². The highest BCUT2D eigenvalue weighted by atomic mass is 19.1. The lowest BCUT2D eigenvalue weighted by atomic mass is 10.1. The minimum absolute atomic E-state index is 0.00203. The molecule has 0 radical (unpaired) electrons. The van der Waals surface area contributed by atoms with Gasteiger partial charge in [-0.2, -0.15) is 0 Å². The summed E-state index contributed by atoms with van der Waals surface area (Å²) in [6, 6.07) is 6.42. The van der Waals surface area contributed by atoms with E-state index >= 15 is 0 Å². The first-order valence-corrected chi connectivity index (χ1v) is 5.03. The Morgan fingerprint density at radius 3 is 2.73 bits per heavy atom. The SMILES string of the molecule is NCC1(F)CCN(c2ccccc2F)C1. The molecule has 0 spiro atoms. The lowest BCUT2D eigenvalue weighted by Gasteiger charge is -2.21. The van der Waals surface area contributed by atoms with E-state index < -0.39 is 5.67 Å². The molecule has 1 atom stereocenters. The number of alkyl halides is 1. The van der Waals surface area contributed by atoms with E-state index in [9.17, 15) is 8.78 Å². The molecule has 1 heterocycles. The van der Waals surface area contributed by atoms with Crippen molar-refractivity contribution >= 4 is 5.69 Å². The first-order valence-electron chi connectivity index (χ1n) is 5.03. The number of hydrogen-bond acceptors (Lipinski definition) is 2. The number of benzene rings is 1. The average Bonchev–Trinajstić information content (AvgIpc) is 2.63. The van der Waals surface area contributed by atoms with Crippen molar-refractivity contribution in [1.82, 2.24) is 0 Å². The Morgan fingerprint density at radius 1 is 1.40 bits per heavy atom. The van der Waals surface area contributed by atoms with E-state index in [0.29, 0.717) is 18.7 Å². The number of para-hydroxylation sites is 1. The third kappa shape index (κ3) is 1.95. The molecular formula is C11H14F2N2. The maximum atomic E-state index is 13.8. The summed E-state index contributed by atoms with van der Waals surface area (Å²) in [4.78, 5) is 1.71. The highest BCUT2D eigenvalue weighted by Crippen LogP contribution is 2.30. The van der Waals surface area contributed by atoms with E-state index in [1.54, 1.807) is 23.1 Å². The Balaban J connectivity index is 2.18. The largest absolute Gasteiger partial charge is 0.366 e. The molecule has 1 aliphatic heterocycles. The first-order chi connectivity index (χ1) is 7.14. The summed E-state index contributed by atoms with van der Waals surface area (Å²) in [5.74, 6) is -0.307. The molecule has 1 aliphatic rings. The van der Waals surface area contributed by atoms with Gasteiger partial charge in [-0.3, -0.25) is 0 Å². The van der Waals surface area contributed by atoms with Gasteiger partial charge in [0, 0.05) is 19.5 Å². The minimum atomic E-state index is -1.36. The Morgan fingerprint density at radius 2 is 2.13 bits per heavy atom. The maximum absolute atomic E-state index is 13.8. The molecule has 15 heavy (non-hydrogen) atoms. The summed E-state index contributed by atoms with van der Waals surface area (Å²) in [5.41, 5.74) is 4.46. The van der Waals surface area contributed by atoms with Crippen LogP contribution in [0, 0.1) is 5.82 Å². The van der Waals surface area contributed by atoms with Gasteiger partial charge in [0.15, 0.2) is 0 Å². The molecule has 2 nitrogen and oxygen atoms in total. The number of nitrogens with two attached hydrogens (primary N) is 1. The van der Waals surface area contributed by atoms with Crippen molar-refractivity contribution in [2.45, 2.75) is 12.1 Å². The molecule has 0 aromatic heterocycles. The van der Waals surface area contributed by atoms with Gasteiger partial charge in [0.25, 0.3) is 0 Å². The van der Waals surface area contributed by atoms with E-state index in [0.717, 1.165) is 0 Å². The number of anilines is 1. The van der Waals surface area contributed by atoms with Crippen LogP contribution in [0.15, 0.2) is 24.3 Å². The average molecular weight is 212 g/mol. The van der Waals surface area contributed by atoms with Gasteiger partial charge in [-0.15, -0.1) is 0 Å². The van der Waals surface area contributed by atoms with Crippen molar-refractivity contribution in [1.29, 1.82) is 0 Å². The van der Waals surface area contributed by atoms with E-state index in [1.165, 1.54) is 6.07 Å². The second kappa shape index (κ2) is 3.77. The van der Waals surface area contributed by atoms with Crippen LogP contribution in [0.4, 0.5) is 14.5 Å². The second-order valence-corrected chi connectivity index (χ2v) is 3.98. The van der Waals surface area contributed by atoms with E-state index in [2.05, 4.69) is 0 Å². The number of rotatable bonds is 2. The van der Waals surface area contributed by atoms with Crippen molar-refractivity contribution in [3.05, 3.63) is 30.1 Å². The van der Waals surface area contributed by atoms with Crippen LogP contribution in [0.25, 0.3) is 0 Å². The van der Waals surface area contributed by atoms with Crippen molar-refractivity contribution in [3.63, 3.8) is 0 Å². The Kier molecular flexibility index (Phi) is 2.61. The standard InChI is InChI=1S/C11H14F2N2/c12-9-3-1-2-4-10(9)15-6-5-11(13,7-14)8-15/h1-4H,5-8,14H2. The Labute approximate surface area is 87.7 Å². The fourth-order valence-corrected chi connectivity index (χ4v) is 1.92. The Bertz CT molecular complexity index is 356. The molecule has 1 saturated heterocycles. The molecule has 1 unspecified atom stereocenters. The molecule has 0 bridgehead atoms. The highest BCUT2D eigenvalue weighted by molar-refractivity contribution is 5.49. The van der Waals surface area contributed by atoms with E-state index in [1.807, 2.05) is 0 Å². The number of hydrogen-bond donors (Lipinski definition) is 1. The van der Waals surface area contributed by atoms with Crippen molar-refractivity contribution in [2.75, 3.05) is 24.5 Å². The fraction of sp³-hybridized carbons (Fsp3) is 0.455. The topological polar surface area (TPSA) is 29.3 Å². The van der Waals surface area contributed by atoms with Gasteiger partial charge < -0.3 is 10.6 Å². The smallest absolute Gasteiger partial charge is 0.146 e. The van der Waals surface area contributed by atoms with Crippen LogP contribution in [0.1, 0.15) is 6.42 Å². The molecule has 82 valence electrons. The molecule has 4 heteroatoms. The first kappa shape index (κ1) is 10.4. The summed E-state index contributed by atoms with van der Waals surface area (Å²) in [6.07, 6.45) is 0.373. The molecular weight excluding hydrogens is 198 g/mol. The molecule has 2 N–H and O–H groups in total. The van der Waals surface area contributed by atoms with Gasteiger partial charge in [-0.25, -0.2) is 8.78 Å². The number of nitrogens with zero attached hydrogens (tertiary/aromatic N) is 1. The third-order valence-electron chi connectivity index (χ3n) is 2.86. The van der Waals surface area contributed by atoms with E-state index in [-0.39, 0.29) is 18.9 Å². The molecule has 0 amide bonds.